The number of carbonyl (C=O) groups is 1. The number of benzene rings is 2. The number of hydrogen-bond acceptors (Lipinski definition) is 3. The van der Waals surface area contributed by atoms with Gasteiger partial charge in [0.1, 0.15) is 5.82 Å². The Bertz CT molecular complexity index is 986. The molecule has 0 N–H and O–H groups in total. The van der Waals surface area contributed by atoms with Crippen molar-refractivity contribution in [1.29, 1.82) is 0 Å². The third kappa shape index (κ3) is 5.19. The average Bonchev–Trinajstić information content (AvgIpc) is 2.72. The van der Waals surface area contributed by atoms with Crippen LogP contribution >= 0.6 is 0 Å². The van der Waals surface area contributed by atoms with E-state index in [0.29, 0.717) is 24.9 Å². The van der Waals surface area contributed by atoms with Crippen LogP contribution in [0.1, 0.15) is 30.4 Å². The first-order valence-corrected chi connectivity index (χ1v) is 11.1. The standard InChI is InChI=1S/C21H21F4NO3S/c22-17-8-10-18(11-9-17)30(28,29)19-2-1-13-26(14-19)20(27)12-5-15-3-6-16(7-4-15)21(23,24)25/h3-4,6-11,19H,1-2,5,12-14H2/t19-/m1/s1. The van der Waals surface area contributed by atoms with Crippen LogP contribution in [0.2, 0.25) is 0 Å². The van der Waals surface area contributed by atoms with Crippen LogP contribution in [0.4, 0.5) is 17.6 Å². The lowest BCUT2D eigenvalue weighted by atomic mass is 10.1. The van der Waals surface area contributed by atoms with E-state index >= 15 is 0 Å². The van der Waals surface area contributed by atoms with Gasteiger partial charge in [-0.2, -0.15) is 13.2 Å². The summed E-state index contributed by atoms with van der Waals surface area (Å²) >= 11 is 0. The molecule has 1 amide bonds. The highest BCUT2D eigenvalue weighted by Crippen LogP contribution is 2.29. The Hall–Kier alpha value is -2.42. The van der Waals surface area contributed by atoms with Gasteiger partial charge < -0.3 is 4.90 Å². The molecule has 2 aromatic carbocycles. The Kier molecular flexibility index (Phi) is 6.50. The highest BCUT2D eigenvalue weighted by molar-refractivity contribution is 7.92. The third-order valence-electron chi connectivity index (χ3n) is 5.22. The highest BCUT2D eigenvalue weighted by atomic mass is 32.2. The van der Waals surface area contributed by atoms with Crippen molar-refractivity contribution in [3.63, 3.8) is 0 Å². The number of nitrogens with zero attached hydrogens (tertiary/aromatic N) is 1. The smallest absolute Gasteiger partial charge is 0.341 e. The van der Waals surface area contributed by atoms with Crippen LogP contribution in [0.15, 0.2) is 53.4 Å². The van der Waals surface area contributed by atoms with Crippen LogP contribution < -0.4 is 0 Å². The fourth-order valence-electron chi connectivity index (χ4n) is 3.50. The second-order valence-electron chi connectivity index (χ2n) is 7.30. The zero-order chi connectivity index (χ0) is 21.9. The molecule has 0 aliphatic carbocycles. The Labute approximate surface area is 172 Å². The molecule has 1 atom stereocenters. The predicted molar refractivity (Wildman–Crippen MR) is 103 cm³/mol. The number of sulfone groups is 1. The van der Waals surface area contributed by atoms with Gasteiger partial charge in [0.05, 0.1) is 15.7 Å². The lowest BCUT2D eigenvalue weighted by Crippen LogP contribution is -2.45. The van der Waals surface area contributed by atoms with Gasteiger partial charge in [0.15, 0.2) is 9.84 Å². The first-order chi connectivity index (χ1) is 14.1. The summed E-state index contributed by atoms with van der Waals surface area (Å²) in [7, 11) is -3.70. The van der Waals surface area contributed by atoms with Crippen LogP contribution in [-0.2, 0) is 27.2 Å². The van der Waals surface area contributed by atoms with Crippen molar-refractivity contribution < 1.29 is 30.8 Å². The minimum Gasteiger partial charge on any atom is -0.341 e. The van der Waals surface area contributed by atoms with Crippen LogP contribution in [-0.4, -0.2) is 37.6 Å². The van der Waals surface area contributed by atoms with E-state index < -0.39 is 32.6 Å². The minimum absolute atomic E-state index is 0.0213. The lowest BCUT2D eigenvalue weighted by Gasteiger charge is -2.32. The number of rotatable bonds is 5. The maximum Gasteiger partial charge on any atom is 0.416 e. The topological polar surface area (TPSA) is 54.5 Å². The van der Waals surface area contributed by atoms with Gasteiger partial charge in [-0.25, -0.2) is 12.8 Å². The fraction of sp³-hybridized carbons (Fsp3) is 0.381. The molecule has 0 radical (unpaired) electrons. The van der Waals surface area contributed by atoms with Crippen LogP contribution in [0.25, 0.3) is 0 Å². The van der Waals surface area contributed by atoms with Crippen LogP contribution in [0, 0.1) is 5.82 Å². The molecular formula is C21H21F4NO3S. The number of piperidine rings is 1. The van der Waals surface area contributed by atoms with Crippen molar-refractivity contribution in [1.82, 2.24) is 4.90 Å². The zero-order valence-electron chi connectivity index (χ0n) is 16.0. The second-order valence-corrected chi connectivity index (χ2v) is 9.53. The quantitative estimate of drug-likeness (QED) is 0.513. The molecule has 1 fully saturated rings. The maximum absolute atomic E-state index is 13.1. The normalized spacial score (nSPS) is 17.7. The van der Waals surface area contributed by atoms with Crippen molar-refractivity contribution in [2.75, 3.05) is 13.1 Å². The van der Waals surface area contributed by atoms with Crippen molar-refractivity contribution >= 4 is 15.7 Å². The second kappa shape index (κ2) is 8.75. The van der Waals surface area contributed by atoms with E-state index in [-0.39, 0.29) is 30.2 Å². The molecule has 0 spiro atoms. The molecule has 0 aromatic heterocycles. The number of hydrogen-bond donors (Lipinski definition) is 0. The molecule has 2 aromatic rings. The third-order valence-corrected chi connectivity index (χ3v) is 7.41. The molecule has 162 valence electrons. The summed E-state index contributed by atoms with van der Waals surface area (Å²) in [6.45, 7) is 0.479. The molecule has 30 heavy (non-hydrogen) atoms. The van der Waals surface area contributed by atoms with E-state index in [1.54, 1.807) is 0 Å². The molecule has 1 saturated heterocycles. The molecular weight excluding hydrogens is 422 g/mol. The molecule has 1 aliphatic rings. The van der Waals surface area contributed by atoms with Gasteiger partial charge in [0.25, 0.3) is 0 Å². The van der Waals surface area contributed by atoms with Gasteiger partial charge in [-0.05, 0) is 61.2 Å². The predicted octanol–water partition coefficient (Wildman–Crippen LogP) is 4.24. The van der Waals surface area contributed by atoms with Crippen molar-refractivity contribution in [2.24, 2.45) is 0 Å². The molecule has 1 aliphatic heterocycles. The summed E-state index contributed by atoms with van der Waals surface area (Å²) in [5, 5.41) is -0.772. The SMILES string of the molecule is O=C(CCc1ccc(C(F)(F)F)cc1)N1CCC[C@@H](S(=O)(=O)c2ccc(F)cc2)C1. The van der Waals surface area contributed by atoms with Gasteiger partial charge in [-0.1, -0.05) is 12.1 Å². The van der Waals surface area contributed by atoms with Gasteiger partial charge >= 0.3 is 6.18 Å². The Morgan fingerprint density at radius 2 is 1.67 bits per heavy atom. The van der Waals surface area contributed by atoms with E-state index in [2.05, 4.69) is 0 Å². The Morgan fingerprint density at radius 3 is 2.27 bits per heavy atom. The van der Waals surface area contributed by atoms with Gasteiger partial charge in [-0.15, -0.1) is 0 Å². The number of aryl methyl sites for hydroxylation is 1. The zero-order valence-corrected chi connectivity index (χ0v) is 16.8. The van der Waals surface area contributed by atoms with Gasteiger partial charge in [-0.3, -0.25) is 4.79 Å². The first-order valence-electron chi connectivity index (χ1n) is 9.51. The van der Waals surface area contributed by atoms with Crippen molar-refractivity contribution in [2.45, 2.75) is 42.0 Å². The molecule has 0 bridgehead atoms. The fourth-order valence-corrected chi connectivity index (χ4v) is 5.26. The number of amides is 1. The monoisotopic (exact) mass is 443 g/mol. The van der Waals surface area contributed by atoms with Gasteiger partial charge in [0, 0.05) is 19.5 Å². The number of alkyl halides is 3. The van der Waals surface area contributed by atoms with E-state index in [1.807, 2.05) is 0 Å². The lowest BCUT2D eigenvalue weighted by molar-refractivity contribution is -0.137. The molecule has 9 heteroatoms. The summed E-state index contributed by atoms with van der Waals surface area (Å²) in [4.78, 5) is 14.1. The summed E-state index contributed by atoms with van der Waals surface area (Å²) in [6, 6.07) is 9.25. The molecule has 1 heterocycles. The minimum atomic E-state index is -4.41. The summed E-state index contributed by atoms with van der Waals surface area (Å²) in [5.41, 5.74) is -0.147. The largest absolute Gasteiger partial charge is 0.416 e. The summed E-state index contributed by atoms with van der Waals surface area (Å²) < 4.78 is 76.6. The van der Waals surface area contributed by atoms with Crippen molar-refractivity contribution in [3.05, 3.63) is 65.5 Å². The molecule has 0 saturated carbocycles. The number of likely N-dealkylation sites (tertiary alicyclic amines) is 1. The Morgan fingerprint density at radius 1 is 1.03 bits per heavy atom. The maximum atomic E-state index is 13.1. The summed E-state index contributed by atoms with van der Waals surface area (Å²) in [5.74, 6) is -0.772. The van der Waals surface area contributed by atoms with E-state index in [1.165, 1.54) is 29.2 Å². The molecule has 0 unspecified atom stereocenters. The Balaban J connectivity index is 1.61. The highest BCUT2D eigenvalue weighted by Gasteiger charge is 2.34. The number of halogens is 4. The van der Waals surface area contributed by atoms with Crippen LogP contribution in [0.3, 0.4) is 0 Å². The van der Waals surface area contributed by atoms with E-state index in [4.69, 9.17) is 0 Å². The van der Waals surface area contributed by atoms with Gasteiger partial charge in [0.2, 0.25) is 5.91 Å². The van der Waals surface area contributed by atoms with E-state index in [9.17, 15) is 30.8 Å². The first kappa shape index (κ1) is 22.3. The van der Waals surface area contributed by atoms with Crippen LogP contribution in [0.5, 0.6) is 0 Å². The molecule has 3 rings (SSSR count). The summed E-state index contributed by atoms with van der Waals surface area (Å²) in [6.07, 6.45) is -3.13. The molecule has 4 nitrogen and oxygen atoms in total. The van der Waals surface area contributed by atoms with E-state index in [0.717, 1.165) is 24.3 Å². The van der Waals surface area contributed by atoms with Crippen molar-refractivity contribution in [3.8, 4) is 0 Å². The average molecular weight is 443 g/mol. The number of carbonyl (C=O) groups excluding carboxylic acids is 1.